The van der Waals surface area contributed by atoms with Gasteiger partial charge in [-0.05, 0) is 12.1 Å². The monoisotopic (exact) mass is 270 g/mol. The Morgan fingerprint density at radius 1 is 1.30 bits per heavy atom. The van der Waals surface area contributed by atoms with Crippen LogP contribution in [0.2, 0.25) is 0 Å². The molecule has 0 saturated carbocycles. The van der Waals surface area contributed by atoms with Gasteiger partial charge in [-0.25, -0.2) is 4.98 Å². The lowest BCUT2D eigenvalue weighted by atomic mass is 10.2. The minimum atomic E-state index is 0.00373. The molecule has 1 N–H and O–H groups in total. The SMILES string of the molecule is C=CCn1c(N2CCNCC2)nc2ccccc2c1=O. The number of hydrogen-bond donors (Lipinski definition) is 1. The smallest absolute Gasteiger partial charge is 0.263 e. The Bertz CT molecular complexity index is 686. The number of aromatic nitrogens is 2. The molecule has 104 valence electrons. The third-order valence-electron chi connectivity index (χ3n) is 3.55. The average Bonchev–Trinajstić information content (AvgIpc) is 2.51. The minimum absolute atomic E-state index is 0.00373. The zero-order valence-corrected chi connectivity index (χ0v) is 11.4. The van der Waals surface area contributed by atoms with E-state index < -0.39 is 0 Å². The van der Waals surface area contributed by atoms with Crippen LogP contribution < -0.4 is 15.8 Å². The van der Waals surface area contributed by atoms with E-state index in [0.717, 1.165) is 37.6 Å². The highest BCUT2D eigenvalue weighted by molar-refractivity contribution is 5.78. The Hall–Kier alpha value is -2.14. The first-order valence-corrected chi connectivity index (χ1v) is 6.87. The summed E-state index contributed by atoms with van der Waals surface area (Å²) in [5, 5.41) is 3.97. The molecule has 0 amide bonds. The van der Waals surface area contributed by atoms with Crippen molar-refractivity contribution >= 4 is 16.9 Å². The summed E-state index contributed by atoms with van der Waals surface area (Å²) in [6, 6.07) is 7.49. The molecule has 0 atom stereocenters. The number of para-hydroxylation sites is 1. The van der Waals surface area contributed by atoms with Crippen molar-refractivity contribution in [3.8, 4) is 0 Å². The van der Waals surface area contributed by atoms with Gasteiger partial charge in [0.2, 0.25) is 5.95 Å². The lowest BCUT2D eigenvalue weighted by Gasteiger charge is -2.30. The second-order valence-electron chi connectivity index (χ2n) is 4.87. The van der Waals surface area contributed by atoms with E-state index in [1.807, 2.05) is 24.3 Å². The molecule has 1 saturated heterocycles. The van der Waals surface area contributed by atoms with Crippen LogP contribution in [0.4, 0.5) is 5.95 Å². The fourth-order valence-electron chi connectivity index (χ4n) is 2.56. The van der Waals surface area contributed by atoms with Crippen LogP contribution in [0, 0.1) is 0 Å². The Labute approximate surface area is 117 Å². The molecule has 1 aromatic heterocycles. The number of nitrogens with one attached hydrogen (secondary N) is 1. The van der Waals surface area contributed by atoms with E-state index in [-0.39, 0.29) is 5.56 Å². The summed E-state index contributed by atoms with van der Waals surface area (Å²) in [6.45, 7) is 7.78. The van der Waals surface area contributed by atoms with Gasteiger partial charge >= 0.3 is 0 Å². The predicted molar refractivity (Wildman–Crippen MR) is 81.3 cm³/mol. The number of fused-ring (bicyclic) bond motifs is 1. The number of anilines is 1. The van der Waals surface area contributed by atoms with Crippen molar-refractivity contribution in [3.63, 3.8) is 0 Å². The van der Waals surface area contributed by atoms with E-state index in [9.17, 15) is 4.79 Å². The normalized spacial score (nSPS) is 15.5. The van der Waals surface area contributed by atoms with E-state index >= 15 is 0 Å². The van der Waals surface area contributed by atoms with Crippen LogP contribution in [-0.2, 0) is 6.54 Å². The lowest BCUT2D eigenvalue weighted by molar-refractivity contribution is 0.565. The van der Waals surface area contributed by atoms with Gasteiger partial charge in [0, 0.05) is 32.7 Å². The van der Waals surface area contributed by atoms with Crippen molar-refractivity contribution in [1.29, 1.82) is 0 Å². The molecule has 3 rings (SSSR count). The summed E-state index contributed by atoms with van der Waals surface area (Å²) in [5.41, 5.74) is 0.760. The first kappa shape index (κ1) is 12.9. The molecule has 0 aliphatic carbocycles. The highest BCUT2D eigenvalue weighted by Crippen LogP contribution is 2.15. The van der Waals surface area contributed by atoms with Crippen molar-refractivity contribution in [1.82, 2.24) is 14.9 Å². The molecular weight excluding hydrogens is 252 g/mol. The summed E-state index contributed by atoms with van der Waals surface area (Å²) in [7, 11) is 0. The number of nitrogens with zero attached hydrogens (tertiary/aromatic N) is 3. The lowest BCUT2D eigenvalue weighted by Crippen LogP contribution is -2.46. The third-order valence-corrected chi connectivity index (χ3v) is 3.55. The number of benzene rings is 1. The highest BCUT2D eigenvalue weighted by Gasteiger charge is 2.17. The van der Waals surface area contributed by atoms with Crippen LogP contribution in [-0.4, -0.2) is 35.7 Å². The first-order valence-electron chi connectivity index (χ1n) is 6.87. The van der Waals surface area contributed by atoms with Gasteiger partial charge in [-0.2, -0.15) is 0 Å². The quantitative estimate of drug-likeness (QED) is 0.845. The number of rotatable bonds is 3. The molecule has 2 aromatic rings. The van der Waals surface area contributed by atoms with Gasteiger partial charge in [0.15, 0.2) is 0 Å². The molecule has 1 aliphatic heterocycles. The minimum Gasteiger partial charge on any atom is -0.340 e. The van der Waals surface area contributed by atoms with Crippen molar-refractivity contribution < 1.29 is 0 Å². The molecule has 5 nitrogen and oxygen atoms in total. The van der Waals surface area contributed by atoms with Crippen LogP contribution in [0.15, 0.2) is 41.7 Å². The standard InChI is InChI=1S/C15H18N4O/c1-2-9-19-14(20)12-5-3-4-6-13(12)17-15(19)18-10-7-16-8-11-18/h2-6,16H,1,7-11H2. The molecular formula is C15H18N4O. The zero-order valence-electron chi connectivity index (χ0n) is 11.4. The van der Waals surface area contributed by atoms with Gasteiger partial charge in [0.05, 0.1) is 10.9 Å². The Morgan fingerprint density at radius 2 is 2.05 bits per heavy atom. The van der Waals surface area contributed by atoms with E-state index in [4.69, 9.17) is 4.98 Å². The summed E-state index contributed by atoms with van der Waals surface area (Å²) >= 11 is 0. The third kappa shape index (κ3) is 2.20. The molecule has 0 radical (unpaired) electrons. The second-order valence-corrected chi connectivity index (χ2v) is 4.87. The van der Waals surface area contributed by atoms with Crippen molar-refractivity contribution in [2.75, 3.05) is 31.1 Å². The Kier molecular flexibility index (Phi) is 3.52. The second kappa shape index (κ2) is 5.46. The topological polar surface area (TPSA) is 50.2 Å². The molecule has 20 heavy (non-hydrogen) atoms. The van der Waals surface area contributed by atoms with Gasteiger partial charge in [-0.15, -0.1) is 6.58 Å². The van der Waals surface area contributed by atoms with E-state index in [1.165, 1.54) is 0 Å². The van der Waals surface area contributed by atoms with E-state index in [2.05, 4.69) is 16.8 Å². The van der Waals surface area contributed by atoms with Crippen LogP contribution in [0.5, 0.6) is 0 Å². The van der Waals surface area contributed by atoms with Crippen molar-refractivity contribution in [2.24, 2.45) is 0 Å². The van der Waals surface area contributed by atoms with Gasteiger partial charge < -0.3 is 10.2 Å². The predicted octanol–water partition coefficient (Wildman–Crippen LogP) is 0.992. The van der Waals surface area contributed by atoms with Crippen molar-refractivity contribution in [2.45, 2.75) is 6.54 Å². The van der Waals surface area contributed by atoms with E-state index in [0.29, 0.717) is 11.9 Å². The molecule has 1 aliphatic rings. The largest absolute Gasteiger partial charge is 0.340 e. The molecule has 0 spiro atoms. The summed E-state index contributed by atoms with van der Waals surface area (Å²) < 4.78 is 1.71. The highest BCUT2D eigenvalue weighted by atomic mass is 16.1. The van der Waals surface area contributed by atoms with Crippen LogP contribution in [0.3, 0.4) is 0 Å². The summed E-state index contributed by atoms with van der Waals surface area (Å²) in [4.78, 5) is 19.5. The number of allylic oxidation sites excluding steroid dienone is 1. The van der Waals surface area contributed by atoms with Crippen LogP contribution >= 0.6 is 0 Å². The average molecular weight is 270 g/mol. The number of hydrogen-bond acceptors (Lipinski definition) is 4. The molecule has 5 heteroatoms. The molecule has 0 bridgehead atoms. The van der Waals surface area contributed by atoms with Crippen LogP contribution in [0.25, 0.3) is 10.9 Å². The molecule has 1 aromatic carbocycles. The van der Waals surface area contributed by atoms with Crippen molar-refractivity contribution in [3.05, 3.63) is 47.3 Å². The maximum atomic E-state index is 12.6. The molecule has 0 unspecified atom stereocenters. The zero-order chi connectivity index (χ0) is 13.9. The summed E-state index contributed by atoms with van der Waals surface area (Å²) in [5.74, 6) is 0.745. The fraction of sp³-hybridized carbons (Fsp3) is 0.333. The van der Waals surface area contributed by atoms with Gasteiger partial charge in [0.25, 0.3) is 5.56 Å². The summed E-state index contributed by atoms with van der Waals surface area (Å²) in [6.07, 6.45) is 1.74. The molecule has 2 heterocycles. The Balaban J connectivity index is 2.20. The van der Waals surface area contributed by atoms with Gasteiger partial charge in [0.1, 0.15) is 0 Å². The maximum Gasteiger partial charge on any atom is 0.263 e. The molecule has 1 fully saturated rings. The van der Waals surface area contributed by atoms with E-state index in [1.54, 1.807) is 10.6 Å². The van der Waals surface area contributed by atoms with Gasteiger partial charge in [-0.1, -0.05) is 18.2 Å². The van der Waals surface area contributed by atoms with Crippen LogP contribution in [0.1, 0.15) is 0 Å². The van der Waals surface area contributed by atoms with Gasteiger partial charge in [-0.3, -0.25) is 9.36 Å². The number of piperazine rings is 1. The Morgan fingerprint density at radius 3 is 2.80 bits per heavy atom. The fourth-order valence-corrected chi connectivity index (χ4v) is 2.56. The first-order chi connectivity index (χ1) is 9.81. The maximum absolute atomic E-state index is 12.6.